The summed E-state index contributed by atoms with van der Waals surface area (Å²) in [5.74, 6) is -0.621. The third-order valence-electron chi connectivity index (χ3n) is 4.38. The molecule has 3 rings (SSSR count). The van der Waals surface area contributed by atoms with E-state index in [4.69, 9.17) is 0 Å². The lowest BCUT2D eigenvalue weighted by Crippen LogP contribution is -2.28. The number of rotatable bonds is 3. The molecular weight excluding hydrogens is 324 g/mol. The molecule has 0 aromatic heterocycles. The predicted molar refractivity (Wildman–Crippen MR) is 101 cm³/mol. The molecule has 1 amide bonds. The van der Waals surface area contributed by atoms with E-state index >= 15 is 0 Å². The molecule has 0 fully saturated rings. The zero-order valence-corrected chi connectivity index (χ0v) is 15.1. The smallest absolute Gasteiger partial charge is 0.260 e. The Morgan fingerprint density at radius 1 is 1.04 bits per heavy atom. The van der Waals surface area contributed by atoms with Crippen molar-refractivity contribution in [2.45, 2.75) is 27.3 Å². The Hall–Kier alpha value is -3.19. The summed E-state index contributed by atoms with van der Waals surface area (Å²) in [6.45, 7) is 5.64. The quantitative estimate of drug-likeness (QED) is 0.621. The highest BCUT2D eigenvalue weighted by atomic mass is 16.2. The highest BCUT2D eigenvalue weighted by Crippen LogP contribution is 2.40. The summed E-state index contributed by atoms with van der Waals surface area (Å²) in [4.78, 5) is 27.5. The molecule has 0 radical (unpaired) electrons. The van der Waals surface area contributed by atoms with Crippen LogP contribution in [-0.2, 0) is 16.1 Å². The Bertz CT molecular complexity index is 944. The third-order valence-corrected chi connectivity index (χ3v) is 4.38. The fourth-order valence-corrected chi connectivity index (χ4v) is 3.04. The number of ketones is 1. The van der Waals surface area contributed by atoms with E-state index in [2.05, 4.69) is 0 Å². The van der Waals surface area contributed by atoms with Crippen LogP contribution in [0, 0.1) is 16.7 Å². The van der Waals surface area contributed by atoms with Gasteiger partial charge in [-0.3, -0.25) is 9.59 Å². The van der Waals surface area contributed by atoms with E-state index in [0.29, 0.717) is 12.1 Å². The van der Waals surface area contributed by atoms with Crippen molar-refractivity contribution in [1.29, 1.82) is 5.26 Å². The topological polar surface area (TPSA) is 61.2 Å². The highest BCUT2D eigenvalue weighted by molar-refractivity contribution is 6.37. The van der Waals surface area contributed by atoms with Crippen LogP contribution < -0.4 is 4.90 Å². The summed E-state index contributed by atoms with van der Waals surface area (Å²) in [6, 6.07) is 18.9. The average Bonchev–Trinajstić information content (AvgIpc) is 2.89. The maximum atomic E-state index is 13.2. The minimum Gasteiger partial charge on any atom is -0.303 e. The molecule has 1 heterocycles. The van der Waals surface area contributed by atoms with Gasteiger partial charge in [0.05, 0.1) is 17.8 Å². The van der Waals surface area contributed by atoms with Gasteiger partial charge >= 0.3 is 0 Å². The summed E-state index contributed by atoms with van der Waals surface area (Å²) in [6.07, 6.45) is 0. The SMILES string of the molecule is CC(C)(C)C(=O)/C(C#N)=C1\C(=O)N(Cc2ccccc2)c2ccccc21. The molecule has 4 heteroatoms. The van der Waals surface area contributed by atoms with Crippen molar-refractivity contribution in [1.82, 2.24) is 0 Å². The van der Waals surface area contributed by atoms with E-state index in [1.165, 1.54) is 0 Å². The Kier molecular flexibility index (Phi) is 4.48. The molecule has 0 saturated carbocycles. The molecule has 0 bridgehead atoms. The van der Waals surface area contributed by atoms with Crippen LogP contribution in [0.5, 0.6) is 0 Å². The largest absolute Gasteiger partial charge is 0.303 e. The van der Waals surface area contributed by atoms with Gasteiger partial charge in [-0.05, 0) is 11.6 Å². The van der Waals surface area contributed by atoms with Gasteiger partial charge in [-0.2, -0.15) is 5.26 Å². The van der Waals surface area contributed by atoms with Gasteiger partial charge < -0.3 is 4.90 Å². The average molecular weight is 344 g/mol. The number of para-hydroxylation sites is 1. The van der Waals surface area contributed by atoms with Gasteiger partial charge in [-0.1, -0.05) is 69.3 Å². The second-order valence-electron chi connectivity index (χ2n) is 7.33. The number of anilines is 1. The normalized spacial score (nSPS) is 15.5. The van der Waals surface area contributed by atoms with Crippen LogP contribution in [0.2, 0.25) is 0 Å². The number of amides is 1. The lowest BCUT2D eigenvalue weighted by atomic mass is 9.84. The van der Waals surface area contributed by atoms with Crippen molar-refractivity contribution in [2.75, 3.05) is 4.90 Å². The number of carbonyl (C=O) groups excluding carboxylic acids is 2. The van der Waals surface area contributed by atoms with E-state index in [1.54, 1.807) is 31.7 Å². The highest BCUT2D eigenvalue weighted by Gasteiger charge is 2.38. The van der Waals surface area contributed by atoms with Crippen molar-refractivity contribution in [3.8, 4) is 6.07 Å². The first-order valence-electron chi connectivity index (χ1n) is 8.49. The minimum absolute atomic E-state index is 0.0643. The van der Waals surface area contributed by atoms with Crippen molar-refractivity contribution in [3.63, 3.8) is 0 Å². The van der Waals surface area contributed by atoms with E-state index in [-0.39, 0.29) is 22.8 Å². The van der Waals surface area contributed by atoms with E-state index in [1.807, 2.05) is 54.6 Å². The maximum Gasteiger partial charge on any atom is 0.260 e. The fraction of sp³-hybridized carbons (Fsp3) is 0.227. The number of nitriles is 1. The van der Waals surface area contributed by atoms with Crippen LogP contribution >= 0.6 is 0 Å². The summed E-state index contributed by atoms with van der Waals surface area (Å²) < 4.78 is 0. The van der Waals surface area contributed by atoms with Crippen molar-refractivity contribution < 1.29 is 9.59 Å². The lowest BCUT2D eigenvalue weighted by molar-refractivity contribution is -0.122. The number of carbonyl (C=O) groups is 2. The summed E-state index contributed by atoms with van der Waals surface area (Å²) in [5.41, 5.74) is 1.76. The molecule has 4 nitrogen and oxygen atoms in total. The fourth-order valence-electron chi connectivity index (χ4n) is 3.04. The first-order valence-corrected chi connectivity index (χ1v) is 8.49. The Balaban J connectivity index is 2.14. The van der Waals surface area contributed by atoms with E-state index in [0.717, 1.165) is 11.3 Å². The molecule has 26 heavy (non-hydrogen) atoms. The number of Topliss-reactive ketones (excluding diaryl/α,β-unsaturated/α-hetero) is 1. The molecule has 2 aromatic rings. The molecule has 0 saturated heterocycles. The van der Waals surface area contributed by atoms with E-state index < -0.39 is 5.41 Å². The Morgan fingerprint density at radius 3 is 2.27 bits per heavy atom. The maximum absolute atomic E-state index is 13.2. The zero-order chi connectivity index (χ0) is 18.9. The van der Waals surface area contributed by atoms with Crippen molar-refractivity contribution in [3.05, 3.63) is 71.3 Å². The number of benzene rings is 2. The first-order chi connectivity index (χ1) is 12.3. The number of fused-ring (bicyclic) bond motifs is 1. The Morgan fingerprint density at radius 2 is 1.65 bits per heavy atom. The van der Waals surface area contributed by atoms with Crippen molar-refractivity contribution in [2.24, 2.45) is 5.41 Å². The Labute approximate surface area is 153 Å². The monoisotopic (exact) mass is 344 g/mol. The molecule has 1 aliphatic rings. The summed E-state index contributed by atoms with van der Waals surface area (Å²) >= 11 is 0. The number of hydrogen-bond donors (Lipinski definition) is 0. The summed E-state index contributed by atoms with van der Waals surface area (Å²) in [5, 5.41) is 9.64. The van der Waals surface area contributed by atoms with Crippen LogP contribution in [-0.4, -0.2) is 11.7 Å². The number of allylic oxidation sites excluding steroid dienone is 1. The number of hydrogen-bond acceptors (Lipinski definition) is 3. The van der Waals surface area contributed by atoms with Crippen LogP contribution in [0.25, 0.3) is 5.57 Å². The third kappa shape index (κ3) is 3.04. The van der Waals surface area contributed by atoms with E-state index in [9.17, 15) is 14.9 Å². The van der Waals surface area contributed by atoms with Crippen LogP contribution in [0.1, 0.15) is 31.9 Å². The van der Waals surface area contributed by atoms with Gasteiger partial charge in [0.25, 0.3) is 5.91 Å². The molecule has 0 N–H and O–H groups in total. The van der Waals surface area contributed by atoms with Crippen LogP contribution in [0.3, 0.4) is 0 Å². The molecule has 0 unspecified atom stereocenters. The van der Waals surface area contributed by atoms with Crippen molar-refractivity contribution >= 4 is 23.0 Å². The second-order valence-corrected chi connectivity index (χ2v) is 7.33. The minimum atomic E-state index is -0.736. The molecule has 0 atom stereocenters. The van der Waals surface area contributed by atoms with Gasteiger partial charge in [0.15, 0.2) is 5.78 Å². The first kappa shape index (κ1) is 17.6. The predicted octanol–water partition coefficient (Wildman–Crippen LogP) is 4.13. The molecule has 1 aliphatic heterocycles. The molecule has 0 aliphatic carbocycles. The lowest BCUT2D eigenvalue weighted by Gasteiger charge is -2.18. The molecule has 0 spiro atoms. The van der Waals surface area contributed by atoms with Crippen LogP contribution in [0.4, 0.5) is 5.69 Å². The van der Waals surface area contributed by atoms with Crippen LogP contribution in [0.15, 0.2) is 60.2 Å². The molecular formula is C22H20N2O2. The van der Waals surface area contributed by atoms with Gasteiger partial charge in [-0.15, -0.1) is 0 Å². The summed E-state index contributed by atoms with van der Waals surface area (Å²) in [7, 11) is 0. The number of nitrogens with zero attached hydrogens (tertiary/aromatic N) is 2. The van der Waals surface area contributed by atoms with Gasteiger partial charge in [0.1, 0.15) is 11.6 Å². The molecule has 130 valence electrons. The second kappa shape index (κ2) is 6.61. The van der Waals surface area contributed by atoms with Gasteiger partial charge in [0.2, 0.25) is 0 Å². The van der Waals surface area contributed by atoms with Gasteiger partial charge in [0, 0.05) is 11.0 Å². The van der Waals surface area contributed by atoms with Gasteiger partial charge in [-0.25, -0.2) is 0 Å². The molecule has 2 aromatic carbocycles. The zero-order valence-electron chi connectivity index (χ0n) is 15.1. The standard InChI is InChI=1S/C22H20N2O2/c1-22(2,3)20(25)17(13-23)19-16-11-7-8-12-18(16)24(21(19)26)14-15-9-5-4-6-10-15/h4-12H,14H2,1-3H3/b19-17-.